The molecule has 3 aromatic carbocycles. The summed E-state index contributed by atoms with van der Waals surface area (Å²) in [6.07, 6.45) is 3.45. The number of aromatic hydroxyl groups is 1. The molecule has 2 aliphatic heterocycles. The topological polar surface area (TPSA) is 115 Å². The third kappa shape index (κ3) is 3.65. The number of nitrogens with zero attached hydrogens (tertiary/aromatic N) is 2. The van der Waals surface area contributed by atoms with Crippen LogP contribution in [0.15, 0.2) is 94.2 Å². The van der Waals surface area contributed by atoms with Gasteiger partial charge in [-0.05, 0) is 59.7 Å². The molecule has 7 heteroatoms. The van der Waals surface area contributed by atoms with Crippen molar-refractivity contribution >= 4 is 28.7 Å². The van der Waals surface area contributed by atoms with Crippen molar-refractivity contribution in [3.63, 3.8) is 0 Å². The predicted octanol–water partition coefficient (Wildman–Crippen LogP) is 6.67. The van der Waals surface area contributed by atoms with Crippen LogP contribution in [0.2, 0.25) is 0 Å². The lowest BCUT2D eigenvalue weighted by Gasteiger charge is -2.38. The number of phenols is 1. The maximum absolute atomic E-state index is 12.3. The van der Waals surface area contributed by atoms with Crippen molar-refractivity contribution in [2.24, 2.45) is 0 Å². The van der Waals surface area contributed by atoms with Gasteiger partial charge >= 0.3 is 5.97 Å². The Hall–Kier alpha value is -5.35. The number of hydrogen-bond acceptors (Lipinski definition) is 6. The molecule has 41 heavy (non-hydrogen) atoms. The molecule has 6 rings (SSSR count). The van der Waals surface area contributed by atoms with Crippen LogP contribution in [0.1, 0.15) is 35.3 Å². The second-order valence-electron chi connectivity index (χ2n) is 10.8. The molecule has 0 radical (unpaired) electrons. The molecular weight excluding hydrogens is 516 g/mol. The molecule has 1 aliphatic carbocycles. The van der Waals surface area contributed by atoms with Gasteiger partial charge in [0.25, 0.3) is 0 Å². The number of rotatable bonds is 4. The van der Waals surface area contributed by atoms with Gasteiger partial charge in [0, 0.05) is 40.7 Å². The van der Waals surface area contributed by atoms with Gasteiger partial charge in [-0.3, -0.25) is 4.79 Å². The first-order chi connectivity index (χ1) is 19.6. The number of aromatic carboxylic acids is 1. The first-order valence-corrected chi connectivity index (χ1v) is 13.1. The zero-order valence-electron chi connectivity index (χ0n) is 22.7. The largest absolute Gasteiger partial charge is 0.507 e. The summed E-state index contributed by atoms with van der Waals surface area (Å²) in [4.78, 5) is 26.5. The molecule has 0 saturated heterocycles. The van der Waals surface area contributed by atoms with Gasteiger partial charge in [0.2, 0.25) is 0 Å². The van der Waals surface area contributed by atoms with Crippen LogP contribution in [0.3, 0.4) is 0 Å². The number of carboxylic acids is 1. The quantitative estimate of drug-likeness (QED) is 0.244. The average molecular weight is 543 g/mol. The lowest BCUT2D eigenvalue weighted by atomic mass is 9.70. The number of nitriles is 1. The fourth-order valence-corrected chi connectivity index (χ4v) is 6.17. The van der Waals surface area contributed by atoms with Crippen LogP contribution in [0.25, 0.3) is 39.5 Å². The molecule has 0 fully saturated rings. The number of carboxylic acid groups (broad SMARTS) is 1. The van der Waals surface area contributed by atoms with E-state index in [1.807, 2.05) is 50.1 Å². The van der Waals surface area contributed by atoms with E-state index in [0.717, 1.165) is 11.3 Å². The van der Waals surface area contributed by atoms with Crippen molar-refractivity contribution in [1.29, 1.82) is 5.26 Å². The van der Waals surface area contributed by atoms with Crippen LogP contribution in [-0.4, -0.2) is 28.8 Å². The first kappa shape index (κ1) is 25.9. The van der Waals surface area contributed by atoms with Gasteiger partial charge in [0.1, 0.15) is 17.1 Å². The highest BCUT2D eigenvalue weighted by Crippen LogP contribution is 2.52. The van der Waals surface area contributed by atoms with Crippen molar-refractivity contribution in [3.05, 3.63) is 112 Å². The minimum Gasteiger partial charge on any atom is -0.507 e. The minimum absolute atomic E-state index is 0.0864. The molecule has 202 valence electrons. The summed E-state index contributed by atoms with van der Waals surface area (Å²) in [5, 5.41) is 32.2. The van der Waals surface area contributed by atoms with Gasteiger partial charge in [-0.2, -0.15) is 5.26 Å². The number of anilines is 1. The SMILES string of the molecule is CN1c2ccccc2C(C)(C)C1(C#N)/C=C/c1c(O)ccc2c(-c3ccccc3C(=O)O)c3ccc(=O)cc-3oc12. The normalized spacial score (nSPS) is 17.7. The highest BCUT2D eigenvalue weighted by atomic mass is 16.4. The van der Waals surface area contributed by atoms with Gasteiger partial charge in [-0.25, -0.2) is 4.79 Å². The molecule has 2 heterocycles. The van der Waals surface area contributed by atoms with E-state index >= 15 is 0 Å². The molecule has 3 aromatic rings. The highest BCUT2D eigenvalue weighted by molar-refractivity contribution is 6.09. The van der Waals surface area contributed by atoms with E-state index in [2.05, 4.69) is 6.07 Å². The Balaban J connectivity index is 1.65. The number of para-hydroxylation sites is 1. The van der Waals surface area contributed by atoms with E-state index in [9.17, 15) is 25.1 Å². The van der Waals surface area contributed by atoms with Crippen LogP contribution in [0, 0.1) is 11.3 Å². The molecule has 0 saturated carbocycles. The predicted molar refractivity (Wildman–Crippen MR) is 158 cm³/mol. The molecule has 0 amide bonds. The lowest BCUT2D eigenvalue weighted by molar-refractivity contribution is 0.0697. The number of likely N-dealkylation sites (N-methyl/N-ethyl adjacent to an activating group) is 1. The monoisotopic (exact) mass is 542 g/mol. The minimum atomic E-state index is -1.09. The average Bonchev–Trinajstić information content (AvgIpc) is 3.13. The summed E-state index contributed by atoms with van der Waals surface area (Å²) < 4.78 is 6.27. The fraction of sp³-hybridized carbons (Fsp3) is 0.147. The Bertz CT molecular complexity index is 1980. The van der Waals surface area contributed by atoms with Crippen LogP contribution in [-0.2, 0) is 5.41 Å². The van der Waals surface area contributed by atoms with E-state index < -0.39 is 16.9 Å². The second kappa shape index (κ2) is 9.10. The summed E-state index contributed by atoms with van der Waals surface area (Å²) in [6, 6.07) is 24.6. The van der Waals surface area contributed by atoms with Gasteiger partial charge in [-0.15, -0.1) is 0 Å². The van der Waals surface area contributed by atoms with Gasteiger partial charge in [0.15, 0.2) is 11.0 Å². The van der Waals surface area contributed by atoms with Crippen molar-refractivity contribution < 1.29 is 19.4 Å². The fourth-order valence-electron chi connectivity index (χ4n) is 6.17. The van der Waals surface area contributed by atoms with E-state index in [4.69, 9.17) is 4.42 Å². The summed E-state index contributed by atoms with van der Waals surface area (Å²) in [5.74, 6) is -0.929. The van der Waals surface area contributed by atoms with Crippen molar-refractivity contribution in [3.8, 4) is 34.3 Å². The summed E-state index contributed by atoms with van der Waals surface area (Å²) >= 11 is 0. The highest BCUT2D eigenvalue weighted by Gasteiger charge is 2.54. The Morgan fingerprint density at radius 1 is 1.00 bits per heavy atom. The van der Waals surface area contributed by atoms with Gasteiger partial charge < -0.3 is 19.5 Å². The first-order valence-electron chi connectivity index (χ1n) is 13.1. The summed E-state index contributed by atoms with van der Waals surface area (Å²) in [6.45, 7) is 4.03. The molecule has 3 aliphatic rings. The Labute approximate surface area is 236 Å². The van der Waals surface area contributed by atoms with E-state index in [0.29, 0.717) is 27.6 Å². The van der Waals surface area contributed by atoms with Crippen LogP contribution in [0.5, 0.6) is 5.75 Å². The number of phenolic OH excluding ortho intramolecular Hbond substituents is 1. The number of benzene rings is 4. The molecule has 0 spiro atoms. The Kier molecular flexibility index (Phi) is 5.75. The Morgan fingerprint density at radius 2 is 1.73 bits per heavy atom. The van der Waals surface area contributed by atoms with Crippen LogP contribution >= 0.6 is 0 Å². The third-order valence-electron chi connectivity index (χ3n) is 8.39. The van der Waals surface area contributed by atoms with Gasteiger partial charge in [-0.1, -0.05) is 50.2 Å². The van der Waals surface area contributed by atoms with Crippen LogP contribution in [0.4, 0.5) is 5.69 Å². The zero-order chi connectivity index (χ0) is 29.1. The molecule has 0 bridgehead atoms. The van der Waals surface area contributed by atoms with Crippen molar-refractivity contribution in [1.82, 2.24) is 0 Å². The summed E-state index contributed by atoms with van der Waals surface area (Å²) in [7, 11) is 1.87. The molecule has 1 unspecified atom stereocenters. The molecule has 7 nitrogen and oxygen atoms in total. The third-order valence-corrected chi connectivity index (χ3v) is 8.39. The lowest BCUT2D eigenvalue weighted by Crippen LogP contribution is -2.51. The number of carbonyl (C=O) groups is 1. The van der Waals surface area contributed by atoms with E-state index in [-0.39, 0.29) is 28.1 Å². The van der Waals surface area contributed by atoms with E-state index in [1.165, 1.54) is 24.3 Å². The number of hydrogen-bond donors (Lipinski definition) is 2. The smallest absolute Gasteiger partial charge is 0.336 e. The second-order valence-corrected chi connectivity index (χ2v) is 10.8. The van der Waals surface area contributed by atoms with E-state index in [1.54, 1.807) is 42.5 Å². The van der Waals surface area contributed by atoms with Crippen molar-refractivity contribution in [2.45, 2.75) is 24.8 Å². The van der Waals surface area contributed by atoms with Crippen molar-refractivity contribution in [2.75, 3.05) is 11.9 Å². The van der Waals surface area contributed by atoms with Crippen LogP contribution < -0.4 is 10.3 Å². The zero-order valence-corrected chi connectivity index (χ0v) is 22.7. The molecule has 2 N–H and O–H groups in total. The standard InChI is InChI=1S/C34H26N2O5/c1-33(2)26-10-6-7-11-27(26)36(3)34(33,19-35)17-16-23-28(38)15-14-25-30(21-8-4-5-9-22(21)32(39)40)24-13-12-20(37)18-29(24)41-31(23)25/h4-18,38H,1-3H3,(H,39,40)/b17-16+. The maximum atomic E-state index is 12.3. The number of fused-ring (bicyclic) bond motifs is 3. The van der Waals surface area contributed by atoms with Gasteiger partial charge in [0.05, 0.1) is 17.2 Å². The molecule has 0 aromatic heterocycles. The molecular formula is C34H26N2O5. The maximum Gasteiger partial charge on any atom is 0.336 e. The Morgan fingerprint density at radius 3 is 2.46 bits per heavy atom. The molecule has 1 atom stereocenters. The summed E-state index contributed by atoms with van der Waals surface area (Å²) in [5.41, 5.74) is 2.24.